The number of nitrogens with zero attached hydrogens (tertiary/aromatic N) is 2. The van der Waals surface area contributed by atoms with Gasteiger partial charge in [0.2, 0.25) is 5.91 Å². The molecule has 1 amide bonds. The maximum absolute atomic E-state index is 12.1. The Morgan fingerprint density at radius 3 is 2.52 bits per heavy atom. The number of aliphatic carboxylic acids is 1. The number of likely N-dealkylation sites (tertiary alicyclic amines) is 1. The lowest BCUT2D eigenvalue weighted by Gasteiger charge is -2.43. The van der Waals surface area contributed by atoms with E-state index < -0.39 is 17.9 Å². The highest BCUT2D eigenvalue weighted by Crippen LogP contribution is 2.33. The molecular weight excluding hydrogens is 270 g/mol. The van der Waals surface area contributed by atoms with Crippen LogP contribution in [0.5, 0.6) is 0 Å². The Hall–Kier alpha value is -1.14. The number of carbonyl (C=O) groups is 2. The average Bonchev–Trinajstić information content (AvgIpc) is 2.77. The summed E-state index contributed by atoms with van der Waals surface area (Å²) in [6.45, 7) is 4.83. The molecule has 1 saturated carbocycles. The van der Waals surface area contributed by atoms with E-state index in [1.165, 1.54) is 0 Å². The van der Waals surface area contributed by atoms with E-state index in [0.29, 0.717) is 25.4 Å². The van der Waals surface area contributed by atoms with Gasteiger partial charge in [0, 0.05) is 24.7 Å². The Bertz CT molecular complexity index is 413. The van der Waals surface area contributed by atoms with Gasteiger partial charge in [-0.15, -0.1) is 0 Å². The highest BCUT2D eigenvalue weighted by atomic mass is 16.4. The summed E-state index contributed by atoms with van der Waals surface area (Å²) in [4.78, 5) is 27.7. The quantitative estimate of drug-likeness (QED) is 0.789. The molecule has 0 bridgehead atoms. The zero-order chi connectivity index (χ0) is 15.7. The van der Waals surface area contributed by atoms with Gasteiger partial charge in [-0.1, -0.05) is 0 Å². The van der Waals surface area contributed by atoms with Gasteiger partial charge in [0.15, 0.2) is 0 Å². The number of carboxylic acids is 1. The highest BCUT2D eigenvalue weighted by Gasteiger charge is 2.44. The van der Waals surface area contributed by atoms with Gasteiger partial charge in [-0.25, -0.2) is 0 Å². The summed E-state index contributed by atoms with van der Waals surface area (Å²) >= 11 is 0. The summed E-state index contributed by atoms with van der Waals surface area (Å²) in [5, 5.41) is 9.57. The Labute approximate surface area is 126 Å². The molecule has 6 heteroatoms. The molecule has 0 spiro atoms. The number of carboxylic acid groups (broad SMARTS) is 1. The maximum Gasteiger partial charge on any atom is 0.308 e. The van der Waals surface area contributed by atoms with Crippen LogP contribution in [0.25, 0.3) is 0 Å². The second kappa shape index (κ2) is 6.32. The molecule has 1 heterocycles. The fourth-order valence-corrected chi connectivity index (χ4v) is 3.62. The number of carbonyl (C=O) groups excluding carboxylic acids is 1. The molecule has 1 saturated heterocycles. The molecule has 2 aliphatic rings. The summed E-state index contributed by atoms with van der Waals surface area (Å²) in [5.41, 5.74) is 5.77. The first kappa shape index (κ1) is 16.2. The van der Waals surface area contributed by atoms with Gasteiger partial charge in [0.1, 0.15) is 0 Å². The average molecular weight is 297 g/mol. The van der Waals surface area contributed by atoms with E-state index in [2.05, 4.69) is 18.7 Å². The zero-order valence-electron chi connectivity index (χ0n) is 13.2. The molecule has 0 aromatic rings. The van der Waals surface area contributed by atoms with Crippen LogP contribution in [0.3, 0.4) is 0 Å². The fraction of sp³-hybridized carbons (Fsp3) is 0.867. The van der Waals surface area contributed by atoms with Crippen LogP contribution in [-0.2, 0) is 9.59 Å². The Balaban J connectivity index is 2.11. The predicted octanol–water partition coefficient (Wildman–Crippen LogP) is 0.508. The molecule has 3 unspecified atom stereocenters. The standard InChI is InChI=1S/C15H27N3O3/c1-9(2)17(3)10-4-5-13(11(8-10)15(20)21)18-7-6-12(16)14(18)19/h9-13H,4-8,16H2,1-3H3,(H,20,21)/t10?,11?,12-,13?/m0/s1. The van der Waals surface area contributed by atoms with Crippen LogP contribution in [0.2, 0.25) is 0 Å². The van der Waals surface area contributed by atoms with Crippen LogP contribution >= 0.6 is 0 Å². The summed E-state index contributed by atoms with van der Waals surface area (Å²) in [6, 6.07) is 0.0208. The van der Waals surface area contributed by atoms with Crippen molar-refractivity contribution in [3.05, 3.63) is 0 Å². The topological polar surface area (TPSA) is 86.9 Å². The molecule has 120 valence electrons. The number of nitrogens with two attached hydrogens (primary N) is 1. The van der Waals surface area contributed by atoms with E-state index >= 15 is 0 Å². The molecule has 0 aromatic heterocycles. The van der Waals surface area contributed by atoms with Crippen LogP contribution in [0, 0.1) is 5.92 Å². The highest BCUT2D eigenvalue weighted by molar-refractivity contribution is 5.84. The third-order valence-electron chi connectivity index (χ3n) is 5.18. The maximum atomic E-state index is 12.1. The van der Waals surface area contributed by atoms with Crippen LogP contribution in [0.15, 0.2) is 0 Å². The van der Waals surface area contributed by atoms with Gasteiger partial charge < -0.3 is 20.6 Å². The first-order chi connectivity index (χ1) is 9.82. The molecule has 1 aliphatic heterocycles. The Morgan fingerprint density at radius 2 is 2.05 bits per heavy atom. The summed E-state index contributed by atoms with van der Waals surface area (Å²) in [5.74, 6) is -1.36. The lowest BCUT2D eigenvalue weighted by Crippen LogP contribution is -2.53. The molecule has 1 aliphatic carbocycles. The van der Waals surface area contributed by atoms with E-state index in [0.717, 1.165) is 12.8 Å². The van der Waals surface area contributed by atoms with Crippen molar-refractivity contribution in [1.29, 1.82) is 0 Å². The van der Waals surface area contributed by atoms with Crippen molar-refractivity contribution >= 4 is 11.9 Å². The molecule has 4 atom stereocenters. The Kier molecular flexibility index (Phi) is 4.88. The molecule has 2 rings (SSSR count). The number of rotatable bonds is 4. The number of hydrogen-bond acceptors (Lipinski definition) is 4. The lowest BCUT2D eigenvalue weighted by molar-refractivity contribution is -0.148. The summed E-state index contributed by atoms with van der Waals surface area (Å²) < 4.78 is 0. The number of amides is 1. The SMILES string of the molecule is CC(C)N(C)C1CCC(N2CC[C@H](N)C2=O)C(C(=O)O)C1. The minimum Gasteiger partial charge on any atom is -0.481 e. The van der Waals surface area contributed by atoms with E-state index in [9.17, 15) is 14.7 Å². The van der Waals surface area contributed by atoms with Crippen molar-refractivity contribution < 1.29 is 14.7 Å². The van der Waals surface area contributed by atoms with Crippen LogP contribution in [0.4, 0.5) is 0 Å². The molecular formula is C15H27N3O3. The molecule has 21 heavy (non-hydrogen) atoms. The molecule has 3 N–H and O–H groups in total. The predicted molar refractivity (Wildman–Crippen MR) is 79.8 cm³/mol. The van der Waals surface area contributed by atoms with Crippen LogP contribution in [0.1, 0.15) is 39.5 Å². The fourth-order valence-electron chi connectivity index (χ4n) is 3.62. The third-order valence-corrected chi connectivity index (χ3v) is 5.18. The van der Waals surface area contributed by atoms with E-state index in [1.54, 1.807) is 4.90 Å². The number of hydrogen-bond donors (Lipinski definition) is 2. The van der Waals surface area contributed by atoms with Gasteiger partial charge in [-0.05, 0) is 46.6 Å². The van der Waals surface area contributed by atoms with E-state index in [1.807, 2.05) is 7.05 Å². The molecule has 2 fully saturated rings. The van der Waals surface area contributed by atoms with Crippen LogP contribution in [-0.4, -0.2) is 64.5 Å². The molecule has 0 radical (unpaired) electrons. The van der Waals surface area contributed by atoms with Crippen molar-refractivity contribution in [3.8, 4) is 0 Å². The smallest absolute Gasteiger partial charge is 0.308 e. The van der Waals surface area contributed by atoms with Crippen LogP contribution < -0.4 is 5.73 Å². The van der Waals surface area contributed by atoms with Gasteiger partial charge in [-0.2, -0.15) is 0 Å². The minimum absolute atomic E-state index is 0.0816. The van der Waals surface area contributed by atoms with Gasteiger partial charge >= 0.3 is 5.97 Å². The Morgan fingerprint density at radius 1 is 1.38 bits per heavy atom. The van der Waals surface area contributed by atoms with Gasteiger partial charge in [0.05, 0.1) is 12.0 Å². The van der Waals surface area contributed by atoms with E-state index in [-0.39, 0.29) is 18.0 Å². The normalized spacial score (nSPS) is 34.0. The third kappa shape index (κ3) is 3.21. The first-order valence-electron chi connectivity index (χ1n) is 7.83. The zero-order valence-corrected chi connectivity index (χ0v) is 13.2. The molecule has 6 nitrogen and oxygen atoms in total. The van der Waals surface area contributed by atoms with Crippen molar-refractivity contribution in [1.82, 2.24) is 9.80 Å². The minimum atomic E-state index is -0.796. The second-order valence-corrected chi connectivity index (χ2v) is 6.66. The van der Waals surface area contributed by atoms with Crippen molar-refractivity contribution in [3.63, 3.8) is 0 Å². The van der Waals surface area contributed by atoms with Crippen molar-refractivity contribution in [2.75, 3.05) is 13.6 Å². The first-order valence-corrected chi connectivity index (χ1v) is 7.83. The second-order valence-electron chi connectivity index (χ2n) is 6.66. The summed E-state index contributed by atoms with van der Waals surface area (Å²) in [6.07, 6.45) is 2.92. The summed E-state index contributed by atoms with van der Waals surface area (Å²) in [7, 11) is 2.05. The van der Waals surface area contributed by atoms with Gasteiger partial charge in [0.25, 0.3) is 0 Å². The van der Waals surface area contributed by atoms with Crippen molar-refractivity contribution in [2.24, 2.45) is 11.7 Å². The monoisotopic (exact) mass is 297 g/mol. The van der Waals surface area contributed by atoms with Crippen molar-refractivity contribution in [2.45, 2.75) is 63.7 Å². The van der Waals surface area contributed by atoms with E-state index in [4.69, 9.17) is 5.73 Å². The molecule has 0 aromatic carbocycles. The largest absolute Gasteiger partial charge is 0.481 e. The van der Waals surface area contributed by atoms with Gasteiger partial charge in [-0.3, -0.25) is 9.59 Å². The lowest BCUT2D eigenvalue weighted by atomic mass is 9.80.